The standard InChI is InChI=1S/C11H12BrN7O2/c1-2-10-15-17-11(18(10)13)16-14-6-7-3-4-8(12)9(5-7)19(20)21/h3-6H,2,13H2,1H3,(H,16,17)/b14-6+. The molecule has 0 radical (unpaired) electrons. The number of hydrazone groups is 1. The Kier molecular flexibility index (Phi) is 4.48. The minimum absolute atomic E-state index is 0.0331. The average Bonchev–Trinajstić information content (AvgIpc) is 2.81. The fourth-order valence-electron chi connectivity index (χ4n) is 1.56. The number of anilines is 1. The Morgan fingerprint density at radius 2 is 2.33 bits per heavy atom. The molecule has 3 N–H and O–H groups in total. The van der Waals surface area contributed by atoms with Crippen molar-refractivity contribution < 1.29 is 4.92 Å². The van der Waals surface area contributed by atoms with Gasteiger partial charge < -0.3 is 5.84 Å². The molecule has 1 heterocycles. The van der Waals surface area contributed by atoms with Gasteiger partial charge in [-0.25, -0.2) is 10.1 Å². The lowest BCUT2D eigenvalue weighted by Gasteiger charge is -2.01. The van der Waals surface area contributed by atoms with Gasteiger partial charge in [-0.05, 0) is 22.0 Å². The van der Waals surface area contributed by atoms with Crippen molar-refractivity contribution in [3.05, 3.63) is 44.2 Å². The van der Waals surface area contributed by atoms with Crippen molar-refractivity contribution >= 4 is 33.8 Å². The molecular formula is C11H12BrN7O2. The summed E-state index contributed by atoms with van der Waals surface area (Å²) in [6, 6.07) is 4.67. The van der Waals surface area contributed by atoms with E-state index in [1.54, 1.807) is 12.1 Å². The summed E-state index contributed by atoms with van der Waals surface area (Å²) >= 11 is 3.12. The van der Waals surface area contributed by atoms with E-state index in [9.17, 15) is 10.1 Å². The van der Waals surface area contributed by atoms with Gasteiger partial charge in [0.1, 0.15) is 0 Å². The van der Waals surface area contributed by atoms with Crippen LogP contribution in [0, 0.1) is 10.1 Å². The van der Waals surface area contributed by atoms with E-state index < -0.39 is 4.92 Å². The lowest BCUT2D eigenvalue weighted by Crippen LogP contribution is -2.14. The summed E-state index contributed by atoms with van der Waals surface area (Å²) in [7, 11) is 0. The number of halogens is 1. The number of rotatable bonds is 5. The molecule has 0 unspecified atom stereocenters. The number of nitrogens with zero attached hydrogens (tertiary/aromatic N) is 5. The van der Waals surface area contributed by atoms with Gasteiger partial charge in [-0.2, -0.15) is 5.10 Å². The van der Waals surface area contributed by atoms with Gasteiger partial charge in [0.15, 0.2) is 5.82 Å². The first-order valence-electron chi connectivity index (χ1n) is 5.95. The molecule has 2 rings (SSSR count). The van der Waals surface area contributed by atoms with Crippen LogP contribution in [0.4, 0.5) is 11.6 Å². The van der Waals surface area contributed by atoms with Crippen LogP contribution in [0.2, 0.25) is 0 Å². The first-order chi connectivity index (χ1) is 10.0. The summed E-state index contributed by atoms with van der Waals surface area (Å²) in [5, 5.41) is 22.5. The second-order valence-corrected chi connectivity index (χ2v) is 4.86. The van der Waals surface area contributed by atoms with Crippen LogP contribution in [0.5, 0.6) is 0 Å². The number of hydrogen-bond acceptors (Lipinski definition) is 7. The van der Waals surface area contributed by atoms with Crippen molar-refractivity contribution in [2.24, 2.45) is 5.10 Å². The van der Waals surface area contributed by atoms with E-state index in [0.717, 1.165) is 0 Å². The van der Waals surface area contributed by atoms with E-state index in [0.29, 0.717) is 22.3 Å². The van der Waals surface area contributed by atoms with E-state index in [1.165, 1.54) is 17.0 Å². The highest BCUT2D eigenvalue weighted by molar-refractivity contribution is 9.10. The number of nitrogens with two attached hydrogens (primary N) is 1. The predicted molar refractivity (Wildman–Crippen MR) is 81.6 cm³/mol. The van der Waals surface area contributed by atoms with Crippen LogP contribution in [-0.2, 0) is 6.42 Å². The van der Waals surface area contributed by atoms with Crippen molar-refractivity contribution in [3.8, 4) is 0 Å². The zero-order valence-corrected chi connectivity index (χ0v) is 12.6. The minimum Gasteiger partial charge on any atom is -0.335 e. The van der Waals surface area contributed by atoms with Gasteiger partial charge in [-0.15, -0.1) is 10.2 Å². The fourth-order valence-corrected chi connectivity index (χ4v) is 1.95. The lowest BCUT2D eigenvalue weighted by molar-refractivity contribution is -0.385. The molecule has 2 aromatic rings. The maximum atomic E-state index is 10.8. The smallest absolute Gasteiger partial charge is 0.284 e. The van der Waals surface area contributed by atoms with Gasteiger partial charge in [0.05, 0.1) is 15.6 Å². The van der Waals surface area contributed by atoms with Crippen molar-refractivity contribution in [2.75, 3.05) is 11.3 Å². The first kappa shape index (κ1) is 14.9. The maximum absolute atomic E-state index is 10.8. The third-order valence-electron chi connectivity index (χ3n) is 2.63. The molecule has 0 amide bonds. The van der Waals surface area contributed by atoms with Gasteiger partial charge in [-0.3, -0.25) is 10.1 Å². The Balaban J connectivity index is 2.12. The first-order valence-corrected chi connectivity index (χ1v) is 6.74. The molecule has 0 saturated heterocycles. The molecule has 1 aromatic heterocycles. The third-order valence-corrected chi connectivity index (χ3v) is 3.30. The number of aryl methyl sites for hydroxylation is 1. The molecule has 0 aliphatic carbocycles. The van der Waals surface area contributed by atoms with E-state index in [-0.39, 0.29) is 11.6 Å². The van der Waals surface area contributed by atoms with Crippen LogP contribution in [-0.4, -0.2) is 26.0 Å². The Labute approximate surface area is 128 Å². The number of nitrogens with one attached hydrogen (secondary N) is 1. The SMILES string of the molecule is CCc1nnc(N/N=C/c2ccc(Br)c([N+](=O)[O-])c2)n1N. The normalized spacial score (nSPS) is 11.0. The highest BCUT2D eigenvalue weighted by Gasteiger charge is 2.11. The second kappa shape index (κ2) is 6.31. The minimum atomic E-state index is -0.473. The maximum Gasteiger partial charge on any atom is 0.284 e. The monoisotopic (exact) mass is 353 g/mol. The Morgan fingerprint density at radius 1 is 1.57 bits per heavy atom. The summed E-state index contributed by atoms with van der Waals surface area (Å²) in [5.41, 5.74) is 3.16. The van der Waals surface area contributed by atoms with E-state index in [1.807, 2.05) is 6.92 Å². The number of nitrogen functional groups attached to an aromatic ring is 1. The van der Waals surface area contributed by atoms with Crippen molar-refractivity contribution in [1.82, 2.24) is 14.9 Å². The molecule has 0 fully saturated rings. The summed E-state index contributed by atoms with van der Waals surface area (Å²) < 4.78 is 1.70. The van der Waals surface area contributed by atoms with Crippen LogP contribution in [0.25, 0.3) is 0 Å². The van der Waals surface area contributed by atoms with Crippen LogP contribution >= 0.6 is 15.9 Å². The van der Waals surface area contributed by atoms with Crippen LogP contribution in [0.3, 0.4) is 0 Å². The molecule has 0 bridgehead atoms. The quantitative estimate of drug-likeness (QED) is 0.364. The summed E-state index contributed by atoms with van der Waals surface area (Å²) in [4.78, 5) is 10.4. The predicted octanol–water partition coefficient (Wildman–Crippen LogP) is 1.67. The molecule has 21 heavy (non-hydrogen) atoms. The van der Waals surface area contributed by atoms with Crippen LogP contribution < -0.4 is 11.3 Å². The van der Waals surface area contributed by atoms with Gasteiger partial charge in [-0.1, -0.05) is 13.0 Å². The number of nitro groups is 1. The van der Waals surface area contributed by atoms with E-state index in [2.05, 4.69) is 36.7 Å². The van der Waals surface area contributed by atoms with Gasteiger partial charge in [0, 0.05) is 18.1 Å². The van der Waals surface area contributed by atoms with Crippen molar-refractivity contribution in [2.45, 2.75) is 13.3 Å². The largest absolute Gasteiger partial charge is 0.335 e. The fraction of sp³-hybridized carbons (Fsp3) is 0.182. The Bertz CT molecular complexity index is 698. The molecule has 10 heteroatoms. The molecule has 9 nitrogen and oxygen atoms in total. The number of benzene rings is 1. The average molecular weight is 354 g/mol. The molecular weight excluding hydrogens is 342 g/mol. The van der Waals surface area contributed by atoms with Crippen LogP contribution in [0.1, 0.15) is 18.3 Å². The zero-order chi connectivity index (χ0) is 15.4. The van der Waals surface area contributed by atoms with Gasteiger partial charge >= 0.3 is 0 Å². The van der Waals surface area contributed by atoms with E-state index in [4.69, 9.17) is 5.84 Å². The number of hydrogen-bond donors (Lipinski definition) is 2. The molecule has 110 valence electrons. The molecule has 0 spiro atoms. The van der Waals surface area contributed by atoms with Crippen molar-refractivity contribution in [1.29, 1.82) is 0 Å². The molecule has 0 aliphatic rings. The molecule has 0 atom stereocenters. The molecule has 0 saturated carbocycles. The van der Waals surface area contributed by atoms with Crippen molar-refractivity contribution in [3.63, 3.8) is 0 Å². The Morgan fingerprint density at radius 3 is 2.95 bits per heavy atom. The Hall–Kier alpha value is -2.49. The number of aromatic nitrogens is 3. The number of nitro benzene ring substituents is 1. The lowest BCUT2D eigenvalue weighted by atomic mass is 10.2. The van der Waals surface area contributed by atoms with Crippen LogP contribution in [0.15, 0.2) is 27.8 Å². The molecule has 1 aromatic carbocycles. The molecule has 0 aliphatic heterocycles. The summed E-state index contributed by atoms with van der Waals surface area (Å²) in [5.74, 6) is 6.64. The van der Waals surface area contributed by atoms with E-state index >= 15 is 0 Å². The topological polar surface area (TPSA) is 124 Å². The summed E-state index contributed by atoms with van der Waals surface area (Å²) in [6.45, 7) is 1.90. The summed E-state index contributed by atoms with van der Waals surface area (Å²) in [6.07, 6.45) is 2.08. The van der Waals surface area contributed by atoms with Gasteiger partial charge in [0.2, 0.25) is 0 Å². The highest BCUT2D eigenvalue weighted by Crippen LogP contribution is 2.24. The van der Waals surface area contributed by atoms with Gasteiger partial charge in [0.25, 0.3) is 11.6 Å². The highest BCUT2D eigenvalue weighted by atomic mass is 79.9. The zero-order valence-electron chi connectivity index (χ0n) is 11.0. The third kappa shape index (κ3) is 3.34. The second-order valence-electron chi connectivity index (χ2n) is 4.00.